The van der Waals surface area contributed by atoms with E-state index in [9.17, 15) is 0 Å². The Morgan fingerprint density at radius 2 is 1.85 bits per heavy atom. The third-order valence-corrected chi connectivity index (χ3v) is 8.69. The van der Waals surface area contributed by atoms with E-state index < -0.39 is 5.57 Å². The van der Waals surface area contributed by atoms with Gasteiger partial charge in [0.1, 0.15) is 0 Å². The first-order valence-corrected chi connectivity index (χ1v) is 10.7. The van der Waals surface area contributed by atoms with Crippen LogP contribution in [0.25, 0.3) is 0 Å². The molecule has 1 atom stereocenters. The average Bonchev–Trinajstić information content (AvgIpc) is 2.16. The molecule has 0 bridgehead atoms. The Bertz CT molecular complexity index is 244. The van der Waals surface area contributed by atoms with Crippen molar-refractivity contribution in [2.24, 2.45) is 0 Å². The lowest BCUT2D eigenvalue weighted by Gasteiger charge is -2.19. The van der Waals surface area contributed by atoms with E-state index in [2.05, 4.69) is 65.6 Å². The molecule has 0 aliphatic carbocycles. The SMILES string of the molecule is CCCC[Si](C)(I)c1ccccc1. The van der Waals surface area contributed by atoms with Crippen LogP contribution < -0.4 is 5.19 Å². The molecule has 0 nitrogen and oxygen atoms in total. The molecular weight excluding hydrogens is 287 g/mol. The molecule has 1 aromatic rings. The summed E-state index contributed by atoms with van der Waals surface area (Å²) in [6.45, 7) is 4.73. The average molecular weight is 304 g/mol. The predicted molar refractivity (Wildman–Crippen MR) is 71.4 cm³/mol. The van der Waals surface area contributed by atoms with Gasteiger partial charge in [0.15, 0.2) is 5.57 Å². The number of unbranched alkanes of at least 4 members (excludes halogenated alkanes) is 1. The molecule has 0 saturated heterocycles. The lowest BCUT2D eigenvalue weighted by Crippen LogP contribution is -2.37. The third kappa shape index (κ3) is 3.42. The first kappa shape index (κ1) is 11.2. The molecule has 0 saturated carbocycles. The summed E-state index contributed by atoms with van der Waals surface area (Å²) in [5.41, 5.74) is -1.13. The van der Waals surface area contributed by atoms with E-state index >= 15 is 0 Å². The van der Waals surface area contributed by atoms with Crippen LogP contribution in [0.3, 0.4) is 0 Å². The Hall–Kier alpha value is 0.167. The fourth-order valence-electron chi connectivity index (χ4n) is 1.44. The molecule has 0 radical (unpaired) electrons. The molecule has 0 amide bonds. The van der Waals surface area contributed by atoms with E-state index in [1.807, 2.05) is 0 Å². The van der Waals surface area contributed by atoms with Gasteiger partial charge in [-0.2, -0.15) is 0 Å². The third-order valence-electron chi connectivity index (χ3n) is 2.38. The van der Waals surface area contributed by atoms with Crippen molar-refractivity contribution in [2.45, 2.75) is 32.4 Å². The van der Waals surface area contributed by atoms with Gasteiger partial charge < -0.3 is 0 Å². The Labute approximate surface area is 95.0 Å². The molecule has 72 valence electrons. The molecule has 1 aromatic carbocycles. The second kappa shape index (κ2) is 5.15. The van der Waals surface area contributed by atoms with E-state index in [0.29, 0.717) is 0 Å². The van der Waals surface area contributed by atoms with Gasteiger partial charge in [0, 0.05) is 0 Å². The molecule has 0 fully saturated rings. The zero-order valence-electron chi connectivity index (χ0n) is 8.39. The minimum Gasteiger partial charge on any atom is -0.113 e. The van der Waals surface area contributed by atoms with Gasteiger partial charge in [-0.05, 0) is 11.2 Å². The van der Waals surface area contributed by atoms with Crippen molar-refractivity contribution in [2.75, 3.05) is 0 Å². The summed E-state index contributed by atoms with van der Waals surface area (Å²) < 4.78 is 0. The monoisotopic (exact) mass is 304 g/mol. The molecule has 1 rings (SSSR count). The molecule has 1 unspecified atom stereocenters. The van der Waals surface area contributed by atoms with Gasteiger partial charge in [-0.3, -0.25) is 0 Å². The summed E-state index contributed by atoms with van der Waals surface area (Å²) in [5, 5.41) is 1.59. The first-order valence-electron chi connectivity index (χ1n) is 4.91. The minimum absolute atomic E-state index is 1.13. The standard InChI is InChI=1S/C11H17ISi/c1-3-4-10-13(2,12)11-8-6-5-7-9-11/h5-9H,3-4,10H2,1-2H3. The molecular formula is C11H17ISi. The van der Waals surface area contributed by atoms with E-state index in [0.717, 1.165) is 0 Å². The molecule has 0 spiro atoms. The normalized spacial score (nSPS) is 15.3. The van der Waals surface area contributed by atoms with Gasteiger partial charge in [-0.25, -0.2) is 0 Å². The molecule has 0 aromatic heterocycles. The van der Waals surface area contributed by atoms with Crippen LogP contribution in [0.2, 0.25) is 12.6 Å². The Kier molecular flexibility index (Phi) is 4.45. The molecule has 0 aliphatic rings. The molecule has 2 heteroatoms. The van der Waals surface area contributed by atoms with Crippen molar-refractivity contribution in [1.82, 2.24) is 0 Å². The smallest absolute Gasteiger partial charge is 0.113 e. The van der Waals surface area contributed by atoms with E-state index in [-0.39, 0.29) is 0 Å². The van der Waals surface area contributed by atoms with Gasteiger partial charge in [0.2, 0.25) is 0 Å². The molecule has 0 N–H and O–H groups in total. The van der Waals surface area contributed by atoms with Gasteiger partial charge >= 0.3 is 0 Å². The highest BCUT2D eigenvalue weighted by Gasteiger charge is 2.24. The van der Waals surface area contributed by atoms with Crippen molar-refractivity contribution in [3.05, 3.63) is 30.3 Å². The molecule has 0 heterocycles. The van der Waals surface area contributed by atoms with Crippen LogP contribution in [0.1, 0.15) is 19.8 Å². The predicted octanol–water partition coefficient (Wildman–Crippen LogP) is 3.70. The van der Waals surface area contributed by atoms with Crippen LogP contribution >= 0.6 is 21.8 Å². The lowest BCUT2D eigenvalue weighted by atomic mass is 10.4. The fourth-order valence-corrected chi connectivity index (χ4v) is 5.86. The fraction of sp³-hybridized carbons (Fsp3) is 0.455. The number of benzene rings is 1. The summed E-state index contributed by atoms with van der Waals surface area (Å²) in [5.74, 6) is 0. The first-order chi connectivity index (χ1) is 6.17. The van der Waals surface area contributed by atoms with Crippen LogP contribution in [-0.2, 0) is 0 Å². The summed E-state index contributed by atoms with van der Waals surface area (Å²) in [4.78, 5) is 0. The molecule has 0 aliphatic heterocycles. The van der Waals surface area contributed by atoms with Gasteiger partial charge in [0.25, 0.3) is 0 Å². The van der Waals surface area contributed by atoms with Crippen molar-refractivity contribution in [3.8, 4) is 0 Å². The second-order valence-electron chi connectivity index (χ2n) is 3.67. The van der Waals surface area contributed by atoms with E-state index in [1.54, 1.807) is 5.19 Å². The summed E-state index contributed by atoms with van der Waals surface area (Å²) in [6.07, 6.45) is 2.69. The van der Waals surface area contributed by atoms with Crippen molar-refractivity contribution < 1.29 is 0 Å². The van der Waals surface area contributed by atoms with E-state index in [1.165, 1.54) is 18.9 Å². The Morgan fingerprint density at radius 3 is 2.38 bits per heavy atom. The van der Waals surface area contributed by atoms with Crippen molar-refractivity contribution in [3.63, 3.8) is 0 Å². The second-order valence-corrected chi connectivity index (χ2v) is 14.3. The molecule has 13 heavy (non-hydrogen) atoms. The quantitative estimate of drug-likeness (QED) is 0.452. The Balaban J connectivity index is 2.69. The highest BCUT2D eigenvalue weighted by atomic mass is 127. The zero-order chi connectivity index (χ0) is 9.73. The largest absolute Gasteiger partial charge is 0.152 e. The van der Waals surface area contributed by atoms with Gasteiger partial charge in [-0.1, -0.05) is 56.6 Å². The van der Waals surface area contributed by atoms with Gasteiger partial charge in [0.05, 0.1) is 0 Å². The van der Waals surface area contributed by atoms with Crippen LogP contribution in [-0.4, -0.2) is 5.57 Å². The lowest BCUT2D eigenvalue weighted by molar-refractivity contribution is 0.876. The zero-order valence-corrected chi connectivity index (χ0v) is 11.5. The number of rotatable bonds is 4. The van der Waals surface area contributed by atoms with E-state index in [4.69, 9.17) is 0 Å². The number of hydrogen-bond acceptors (Lipinski definition) is 0. The topological polar surface area (TPSA) is 0 Å². The maximum atomic E-state index is 2.70. The summed E-state index contributed by atoms with van der Waals surface area (Å²) in [6, 6.07) is 12.4. The number of halogens is 1. The van der Waals surface area contributed by atoms with Crippen LogP contribution in [0.5, 0.6) is 0 Å². The van der Waals surface area contributed by atoms with Gasteiger partial charge in [-0.15, -0.1) is 21.8 Å². The van der Waals surface area contributed by atoms with Crippen LogP contribution in [0.4, 0.5) is 0 Å². The van der Waals surface area contributed by atoms with Crippen LogP contribution in [0, 0.1) is 0 Å². The number of hydrogen-bond donors (Lipinski definition) is 0. The van der Waals surface area contributed by atoms with Crippen molar-refractivity contribution in [1.29, 1.82) is 0 Å². The maximum absolute atomic E-state index is 2.70. The maximum Gasteiger partial charge on any atom is 0.152 e. The summed E-state index contributed by atoms with van der Waals surface area (Å²) in [7, 11) is 0. The van der Waals surface area contributed by atoms with Crippen LogP contribution in [0.15, 0.2) is 30.3 Å². The minimum atomic E-state index is -1.13. The highest BCUT2D eigenvalue weighted by Crippen LogP contribution is 2.20. The summed E-state index contributed by atoms with van der Waals surface area (Å²) >= 11 is 2.70. The highest BCUT2D eigenvalue weighted by molar-refractivity contribution is 14.1. The Morgan fingerprint density at radius 1 is 1.23 bits per heavy atom. The van der Waals surface area contributed by atoms with Crippen molar-refractivity contribution >= 4 is 32.6 Å².